The highest BCUT2D eigenvalue weighted by Gasteiger charge is 2.11. The van der Waals surface area contributed by atoms with Gasteiger partial charge in [0.1, 0.15) is 0 Å². The van der Waals surface area contributed by atoms with Gasteiger partial charge in [0.05, 0.1) is 5.75 Å². The monoisotopic (exact) mass is 288 g/mol. The molecule has 0 rings (SSSR count). The van der Waals surface area contributed by atoms with E-state index in [4.69, 9.17) is 17.8 Å². The van der Waals surface area contributed by atoms with Crippen LogP contribution in [0.2, 0.25) is 0 Å². The van der Waals surface area contributed by atoms with Gasteiger partial charge >= 0.3 is 9.53 Å². The normalized spacial score (nSPS) is 11.2. The molecule has 8 heteroatoms. The molecule has 6 nitrogen and oxygen atoms in total. The van der Waals surface area contributed by atoms with Gasteiger partial charge in [-0.25, -0.2) is 0 Å². The van der Waals surface area contributed by atoms with Crippen LogP contribution < -0.4 is 0 Å². The van der Waals surface area contributed by atoms with E-state index in [-0.39, 0.29) is 5.75 Å². The van der Waals surface area contributed by atoms with Crippen molar-refractivity contribution in [3.63, 3.8) is 0 Å². The topological polar surface area (TPSA) is 82.1 Å². The van der Waals surface area contributed by atoms with E-state index >= 15 is 0 Å². The van der Waals surface area contributed by atoms with Crippen molar-refractivity contribution >= 4 is 19.6 Å². The van der Waals surface area contributed by atoms with Crippen molar-refractivity contribution in [2.45, 2.75) is 34.1 Å². The smallest absolute Gasteiger partial charge is 0.376 e. The molecule has 0 atom stereocenters. The second kappa shape index (κ2) is 12.5. The Morgan fingerprint density at radius 2 is 1.29 bits per heavy atom. The minimum atomic E-state index is -3.67. The zero-order valence-electron chi connectivity index (χ0n) is 11.0. The lowest BCUT2D eigenvalue weighted by molar-refractivity contribution is 0.107. The van der Waals surface area contributed by atoms with Gasteiger partial charge in [-0.1, -0.05) is 6.92 Å². The van der Waals surface area contributed by atoms with Crippen LogP contribution in [-0.2, 0) is 23.4 Å². The molecule has 106 valence electrons. The molecular weight excluding hydrogens is 264 g/mol. The van der Waals surface area contributed by atoms with E-state index in [1.807, 2.05) is 20.8 Å². The third kappa shape index (κ3) is 18.6. The molecule has 0 aliphatic carbocycles. The second-order valence-electron chi connectivity index (χ2n) is 2.94. The Kier molecular flexibility index (Phi) is 14.2. The van der Waals surface area contributed by atoms with Gasteiger partial charge in [0.15, 0.2) is 0 Å². The molecule has 0 aromatic carbocycles. The van der Waals surface area contributed by atoms with Gasteiger partial charge < -0.3 is 13.3 Å². The maximum absolute atomic E-state index is 9.79. The zero-order chi connectivity index (χ0) is 13.7. The molecule has 0 heterocycles. The molecule has 0 aromatic heterocycles. The molecule has 0 aliphatic rings. The van der Waals surface area contributed by atoms with Crippen LogP contribution in [0, 0.1) is 0 Å². The quantitative estimate of drug-likeness (QED) is 0.532. The number of rotatable bonds is 8. The average molecular weight is 288 g/mol. The summed E-state index contributed by atoms with van der Waals surface area (Å²) in [6.45, 7) is 9.55. The minimum Gasteiger partial charge on any atom is -0.376 e. The van der Waals surface area contributed by atoms with Crippen LogP contribution in [0.3, 0.4) is 0 Å². The molecule has 0 bridgehead atoms. The Labute approximate surface area is 106 Å². The van der Waals surface area contributed by atoms with Gasteiger partial charge in [-0.05, 0) is 27.2 Å². The molecule has 0 aliphatic heterocycles. The summed E-state index contributed by atoms with van der Waals surface area (Å²) in [5.41, 5.74) is 0. The standard InChI is InChI=1S/C6H16O3Si.C3H8O3S/c1-4-7-10(8-5-2)9-6-3;1-2-3-7(4,5)6/h10H,4-6H2,1-3H3;2-3H2,1H3,(H,4,5,6). The fraction of sp³-hybridized carbons (Fsp3) is 1.00. The van der Waals surface area contributed by atoms with Crippen LogP contribution in [0.15, 0.2) is 0 Å². The van der Waals surface area contributed by atoms with E-state index in [9.17, 15) is 8.42 Å². The largest absolute Gasteiger partial charge is 0.484 e. The van der Waals surface area contributed by atoms with E-state index < -0.39 is 19.6 Å². The first kappa shape index (κ1) is 19.3. The van der Waals surface area contributed by atoms with Crippen LogP contribution in [0.4, 0.5) is 0 Å². The molecule has 1 N–H and O–H groups in total. The third-order valence-corrected chi connectivity index (χ3v) is 4.11. The van der Waals surface area contributed by atoms with E-state index in [1.165, 1.54) is 0 Å². The summed E-state index contributed by atoms with van der Waals surface area (Å²) in [5, 5.41) is 0. The van der Waals surface area contributed by atoms with Gasteiger partial charge in [-0.15, -0.1) is 0 Å². The maximum Gasteiger partial charge on any atom is 0.484 e. The van der Waals surface area contributed by atoms with E-state index in [2.05, 4.69) is 0 Å². The highest BCUT2D eigenvalue weighted by molar-refractivity contribution is 7.85. The lowest BCUT2D eigenvalue weighted by atomic mass is 10.6. The van der Waals surface area contributed by atoms with Crippen molar-refractivity contribution in [2.24, 2.45) is 0 Å². The van der Waals surface area contributed by atoms with Crippen molar-refractivity contribution < 1.29 is 26.2 Å². The lowest BCUT2D eigenvalue weighted by Crippen LogP contribution is -2.27. The Hall–Kier alpha value is 0.00688. The SMILES string of the molecule is CCCS(=O)(=O)O.CCO[SiH](OCC)OCC. The Balaban J connectivity index is 0. The van der Waals surface area contributed by atoms with Gasteiger partial charge in [0.2, 0.25) is 0 Å². The molecule has 17 heavy (non-hydrogen) atoms. The fourth-order valence-corrected chi connectivity index (χ4v) is 2.43. The first-order valence-corrected chi connectivity index (χ1v) is 8.73. The van der Waals surface area contributed by atoms with Crippen LogP contribution >= 0.6 is 0 Å². The summed E-state index contributed by atoms with van der Waals surface area (Å²) in [6.07, 6.45) is 0.471. The van der Waals surface area contributed by atoms with Gasteiger partial charge in [0.25, 0.3) is 10.1 Å². The van der Waals surface area contributed by atoms with Crippen molar-refractivity contribution in [1.29, 1.82) is 0 Å². The zero-order valence-corrected chi connectivity index (χ0v) is 13.0. The van der Waals surface area contributed by atoms with Gasteiger partial charge in [0, 0.05) is 19.8 Å². The molecule has 0 unspecified atom stereocenters. The average Bonchev–Trinajstić information content (AvgIpc) is 2.18. The van der Waals surface area contributed by atoms with Crippen LogP contribution in [0.25, 0.3) is 0 Å². The third-order valence-electron chi connectivity index (χ3n) is 1.37. The highest BCUT2D eigenvalue weighted by atomic mass is 32.2. The molecule has 0 saturated carbocycles. The van der Waals surface area contributed by atoms with E-state index in [0.717, 1.165) is 0 Å². The summed E-state index contributed by atoms with van der Waals surface area (Å²) in [6, 6.07) is 0. The lowest BCUT2D eigenvalue weighted by Gasteiger charge is -2.12. The van der Waals surface area contributed by atoms with Crippen molar-refractivity contribution in [3.8, 4) is 0 Å². The Morgan fingerprint density at radius 3 is 1.41 bits per heavy atom. The predicted octanol–water partition coefficient (Wildman–Crippen LogP) is 1.10. The molecule has 0 aromatic rings. The van der Waals surface area contributed by atoms with Crippen LogP contribution in [0.1, 0.15) is 34.1 Å². The summed E-state index contributed by atoms with van der Waals surface area (Å²) < 4.78 is 43.2. The van der Waals surface area contributed by atoms with Crippen LogP contribution in [-0.4, -0.2) is 48.1 Å². The van der Waals surface area contributed by atoms with E-state index in [0.29, 0.717) is 26.2 Å². The van der Waals surface area contributed by atoms with Gasteiger partial charge in [-0.2, -0.15) is 8.42 Å². The Morgan fingerprint density at radius 1 is 0.941 bits per heavy atom. The summed E-state index contributed by atoms with van der Waals surface area (Å²) in [7, 11) is -5.41. The van der Waals surface area contributed by atoms with Crippen molar-refractivity contribution in [2.75, 3.05) is 25.6 Å². The molecule has 0 amide bonds. The fourth-order valence-electron chi connectivity index (χ4n) is 0.811. The van der Waals surface area contributed by atoms with Gasteiger partial charge in [-0.3, -0.25) is 4.55 Å². The number of hydrogen-bond donors (Lipinski definition) is 1. The van der Waals surface area contributed by atoms with Crippen molar-refractivity contribution in [3.05, 3.63) is 0 Å². The molecule has 0 spiro atoms. The second-order valence-corrected chi connectivity index (χ2v) is 6.09. The molecule has 0 radical (unpaired) electrons. The highest BCUT2D eigenvalue weighted by Crippen LogP contribution is 1.91. The maximum atomic E-state index is 9.79. The summed E-state index contributed by atoms with van der Waals surface area (Å²) >= 11 is 0. The molecule has 0 fully saturated rings. The Bertz CT molecular complexity index is 230. The first-order chi connectivity index (χ1) is 7.91. The molecule has 0 saturated heterocycles. The minimum absolute atomic E-state index is 0.132. The van der Waals surface area contributed by atoms with Crippen molar-refractivity contribution in [1.82, 2.24) is 0 Å². The van der Waals surface area contributed by atoms with E-state index in [1.54, 1.807) is 6.92 Å². The number of hydrogen-bond acceptors (Lipinski definition) is 5. The first-order valence-electron chi connectivity index (χ1n) is 5.71. The molecular formula is C9H24O6SSi. The summed E-state index contributed by atoms with van der Waals surface area (Å²) in [5.74, 6) is -0.132. The predicted molar refractivity (Wildman–Crippen MR) is 68.7 cm³/mol. The summed E-state index contributed by atoms with van der Waals surface area (Å²) in [4.78, 5) is 0. The van der Waals surface area contributed by atoms with Crippen LogP contribution in [0.5, 0.6) is 0 Å².